The van der Waals surface area contributed by atoms with Crippen LogP contribution in [0.25, 0.3) is 0 Å². The third-order valence-electron chi connectivity index (χ3n) is 2.99. The van der Waals surface area contributed by atoms with Crippen molar-refractivity contribution < 1.29 is 14.3 Å². The molecule has 2 rings (SSSR count). The van der Waals surface area contributed by atoms with Crippen molar-refractivity contribution in [2.45, 2.75) is 18.9 Å². The highest BCUT2D eigenvalue weighted by Gasteiger charge is 2.27. The molecule has 0 aliphatic carbocycles. The maximum Gasteiger partial charge on any atom is 0.120 e. The van der Waals surface area contributed by atoms with E-state index in [4.69, 9.17) is 14.3 Å². The molecule has 1 fully saturated rings. The number of rotatable bonds is 6. The maximum absolute atomic E-state index is 8.61. The molecule has 4 heteroatoms. The van der Waals surface area contributed by atoms with Crippen molar-refractivity contribution in [1.82, 2.24) is 4.90 Å². The molecule has 0 spiro atoms. The van der Waals surface area contributed by atoms with Crippen molar-refractivity contribution in [2.75, 3.05) is 32.9 Å². The molecule has 1 aromatic heterocycles. The minimum Gasteiger partial charge on any atom is -0.468 e. The Kier molecular flexibility index (Phi) is 4.39. The standard InChI is InChI=1S/C12H19NO3/c14-7-10-15-9-6-13-5-1-3-11(13)12-4-2-8-16-12/h2,4,8,11,14H,1,3,5-7,9-10H2. The summed E-state index contributed by atoms with van der Waals surface area (Å²) in [6.45, 7) is 3.22. The van der Waals surface area contributed by atoms with Crippen LogP contribution in [0.5, 0.6) is 0 Å². The van der Waals surface area contributed by atoms with E-state index < -0.39 is 0 Å². The second kappa shape index (κ2) is 6.03. The van der Waals surface area contributed by atoms with E-state index in [-0.39, 0.29) is 6.61 Å². The van der Waals surface area contributed by atoms with Crippen LogP contribution < -0.4 is 0 Å². The number of aliphatic hydroxyl groups excluding tert-OH is 1. The summed E-state index contributed by atoms with van der Waals surface area (Å²) in [5.41, 5.74) is 0. The molecule has 1 saturated heterocycles. The van der Waals surface area contributed by atoms with Crippen molar-refractivity contribution in [3.05, 3.63) is 24.2 Å². The number of hydrogen-bond donors (Lipinski definition) is 1. The second-order valence-corrected chi connectivity index (χ2v) is 4.05. The largest absolute Gasteiger partial charge is 0.468 e. The van der Waals surface area contributed by atoms with E-state index in [1.165, 1.54) is 6.42 Å². The van der Waals surface area contributed by atoms with Crippen LogP contribution in [-0.2, 0) is 4.74 Å². The summed E-state index contributed by atoms with van der Waals surface area (Å²) in [4.78, 5) is 2.39. The minimum atomic E-state index is 0.0988. The zero-order chi connectivity index (χ0) is 11.2. The molecule has 1 aliphatic heterocycles. The molecule has 0 radical (unpaired) electrons. The fourth-order valence-corrected chi connectivity index (χ4v) is 2.25. The monoisotopic (exact) mass is 225 g/mol. The van der Waals surface area contributed by atoms with Crippen molar-refractivity contribution >= 4 is 0 Å². The molecule has 0 bridgehead atoms. The van der Waals surface area contributed by atoms with E-state index in [9.17, 15) is 0 Å². The van der Waals surface area contributed by atoms with Gasteiger partial charge < -0.3 is 14.3 Å². The molecular formula is C12H19NO3. The number of nitrogens with zero attached hydrogens (tertiary/aromatic N) is 1. The van der Waals surface area contributed by atoms with E-state index in [0.29, 0.717) is 19.3 Å². The summed E-state index contributed by atoms with van der Waals surface area (Å²) < 4.78 is 10.7. The van der Waals surface area contributed by atoms with Gasteiger partial charge >= 0.3 is 0 Å². The lowest BCUT2D eigenvalue weighted by molar-refractivity contribution is 0.0689. The molecule has 0 amide bonds. The van der Waals surface area contributed by atoms with Gasteiger partial charge in [-0.25, -0.2) is 0 Å². The molecule has 90 valence electrons. The Morgan fingerprint density at radius 2 is 2.44 bits per heavy atom. The first kappa shape index (κ1) is 11.6. The average Bonchev–Trinajstić information content (AvgIpc) is 2.94. The highest BCUT2D eigenvalue weighted by Crippen LogP contribution is 2.31. The molecule has 0 aromatic carbocycles. The van der Waals surface area contributed by atoms with Gasteiger partial charge in [-0.05, 0) is 31.5 Å². The Hall–Kier alpha value is -0.840. The Bertz CT molecular complexity index is 286. The van der Waals surface area contributed by atoms with Crippen LogP contribution in [0.1, 0.15) is 24.6 Å². The third-order valence-corrected chi connectivity index (χ3v) is 2.99. The minimum absolute atomic E-state index is 0.0988. The molecule has 1 atom stereocenters. The van der Waals surface area contributed by atoms with Crippen molar-refractivity contribution in [2.24, 2.45) is 0 Å². The SMILES string of the molecule is OCCOCCN1CCCC1c1ccco1. The van der Waals surface area contributed by atoms with Crippen LogP contribution in [0.15, 0.2) is 22.8 Å². The molecule has 16 heavy (non-hydrogen) atoms. The van der Waals surface area contributed by atoms with Gasteiger partial charge in [0.15, 0.2) is 0 Å². The van der Waals surface area contributed by atoms with Crippen LogP contribution in [0.3, 0.4) is 0 Å². The van der Waals surface area contributed by atoms with Gasteiger partial charge in [0.1, 0.15) is 5.76 Å². The Labute approximate surface area is 95.8 Å². The fourth-order valence-electron chi connectivity index (χ4n) is 2.25. The first-order valence-corrected chi connectivity index (χ1v) is 5.88. The summed E-state index contributed by atoms with van der Waals surface area (Å²) >= 11 is 0. The molecule has 1 aromatic rings. The van der Waals surface area contributed by atoms with E-state index >= 15 is 0 Å². The van der Waals surface area contributed by atoms with Crippen LogP contribution in [0.2, 0.25) is 0 Å². The zero-order valence-corrected chi connectivity index (χ0v) is 9.47. The molecule has 1 aliphatic rings. The summed E-state index contributed by atoms with van der Waals surface area (Å²) in [6.07, 6.45) is 4.10. The topological polar surface area (TPSA) is 45.8 Å². The van der Waals surface area contributed by atoms with Crippen LogP contribution in [-0.4, -0.2) is 42.9 Å². The average molecular weight is 225 g/mol. The Morgan fingerprint density at radius 1 is 1.50 bits per heavy atom. The first-order chi connectivity index (χ1) is 7.92. The predicted molar refractivity (Wildman–Crippen MR) is 60.2 cm³/mol. The van der Waals surface area contributed by atoms with E-state index in [2.05, 4.69) is 4.90 Å². The normalized spacial score (nSPS) is 21.7. The van der Waals surface area contributed by atoms with Gasteiger partial charge in [-0.3, -0.25) is 4.90 Å². The quantitative estimate of drug-likeness (QED) is 0.744. The Morgan fingerprint density at radius 3 is 3.19 bits per heavy atom. The molecular weight excluding hydrogens is 206 g/mol. The predicted octanol–water partition coefficient (Wildman–Crippen LogP) is 1.43. The number of furan rings is 1. The van der Waals surface area contributed by atoms with Gasteiger partial charge in [0, 0.05) is 6.54 Å². The summed E-state index contributed by atoms with van der Waals surface area (Å²) in [5.74, 6) is 1.06. The Balaban J connectivity index is 1.80. The van der Waals surface area contributed by atoms with Gasteiger partial charge in [0.25, 0.3) is 0 Å². The van der Waals surface area contributed by atoms with Crippen molar-refractivity contribution in [3.63, 3.8) is 0 Å². The van der Waals surface area contributed by atoms with Crippen LogP contribution in [0.4, 0.5) is 0 Å². The second-order valence-electron chi connectivity index (χ2n) is 4.05. The van der Waals surface area contributed by atoms with Gasteiger partial charge in [-0.15, -0.1) is 0 Å². The van der Waals surface area contributed by atoms with Crippen molar-refractivity contribution in [1.29, 1.82) is 0 Å². The van der Waals surface area contributed by atoms with Crippen LogP contribution >= 0.6 is 0 Å². The lowest BCUT2D eigenvalue weighted by Crippen LogP contribution is -2.27. The number of hydrogen-bond acceptors (Lipinski definition) is 4. The summed E-state index contributed by atoms with van der Waals surface area (Å²) in [5, 5.41) is 8.61. The number of aliphatic hydroxyl groups is 1. The van der Waals surface area contributed by atoms with Gasteiger partial charge in [-0.2, -0.15) is 0 Å². The third kappa shape index (κ3) is 2.84. The maximum atomic E-state index is 8.61. The van der Waals surface area contributed by atoms with E-state index in [1.54, 1.807) is 6.26 Å². The fraction of sp³-hybridized carbons (Fsp3) is 0.667. The smallest absolute Gasteiger partial charge is 0.120 e. The molecule has 2 heterocycles. The van der Waals surface area contributed by atoms with Gasteiger partial charge in [-0.1, -0.05) is 0 Å². The molecule has 1 N–H and O–H groups in total. The summed E-state index contributed by atoms with van der Waals surface area (Å²) in [7, 11) is 0. The van der Waals surface area contributed by atoms with E-state index in [1.807, 2.05) is 12.1 Å². The van der Waals surface area contributed by atoms with Gasteiger partial charge in [0.2, 0.25) is 0 Å². The number of likely N-dealkylation sites (tertiary alicyclic amines) is 1. The molecule has 0 saturated carbocycles. The van der Waals surface area contributed by atoms with Gasteiger partial charge in [0.05, 0.1) is 32.1 Å². The molecule has 1 unspecified atom stereocenters. The molecule has 4 nitrogen and oxygen atoms in total. The number of ether oxygens (including phenoxy) is 1. The lowest BCUT2D eigenvalue weighted by atomic mass is 10.2. The lowest BCUT2D eigenvalue weighted by Gasteiger charge is -2.22. The highest BCUT2D eigenvalue weighted by molar-refractivity contribution is 5.06. The highest BCUT2D eigenvalue weighted by atomic mass is 16.5. The van der Waals surface area contributed by atoms with E-state index in [0.717, 1.165) is 25.3 Å². The first-order valence-electron chi connectivity index (χ1n) is 5.88. The zero-order valence-electron chi connectivity index (χ0n) is 9.47. The summed E-state index contributed by atoms with van der Waals surface area (Å²) in [6, 6.07) is 4.39. The van der Waals surface area contributed by atoms with Crippen LogP contribution in [0, 0.1) is 0 Å². The van der Waals surface area contributed by atoms with Crippen molar-refractivity contribution in [3.8, 4) is 0 Å².